The summed E-state index contributed by atoms with van der Waals surface area (Å²) in [5.74, 6) is 0. The van der Waals surface area contributed by atoms with Gasteiger partial charge in [0.25, 0.3) is 0 Å². The van der Waals surface area contributed by atoms with E-state index in [0.29, 0.717) is 0 Å². The highest BCUT2D eigenvalue weighted by atomic mass is 14.2. The first-order valence-electron chi connectivity index (χ1n) is 30.0. The molecule has 0 amide bonds. The lowest BCUT2D eigenvalue weighted by atomic mass is 9.84. The first-order chi connectivity index (χ1) is 42.7. The smallest absolute Gasteiger partial charge is 0.00137 e. The number of benzene rings is 18. The molecule has 0 aliphatic heterocycles. The van der Waals surface area contributed by atoms with Crippen LogP contribution in [0.2, 0.25) is 0 Å². The van der Waals surface area contributed by atoms with E-state index < -0.39 is 0 Å². The van der Waals surface area contributed by atoms with Crippen molar-refractivity contribution < 1.29 is 0 Å². The molecule has 0 saturated carbocycles. The van der Waals surface area contributed by atoms with Gasteiger partial charge in [-0.2, -0.15) is 0 Å². The fourth-order valence-electron chi connectivity index (χ4n) is 14.9. The molecule has 18 rings (SSSR count). The van der Waals surface area contributed by atoms with Crippen LogP contribution >= 0.6 is 0 Å². The Morgan fingerprint density at radius 1 is 0.116 bits per heavy atom. The summed E-state index contributed by atoms with van der Waals surface area (Å²) < 4.78 is 0. The highest BCUT2D eigenvalue weighted by Gasteiger charge is 2.21. The molecule has 0 heteroatoms. The lowest BCUT2D eigenvalue weighted by Gasteiger charge is -2.19. The highest BCUT2D eigenvalue weighted by Crippen LogP contribution is 2.49. The van der Waals surface area contributed by atoms with Gasteiger partial charge in [-0.1, -0.05) is 291 Å². The normalized spacial score (nSPS) is 12.0. The van der Waals surface area contributed by atoms with Crippen LogP contribution in [0.3, 0.4) is 0 Å². The Labute approximate surface area is 497 Å². The van der Waals surface area contributed by atoms with E-state index in [4.69, 9.17) is 0 Å². The van der Waals surface area contributed by atoms with Crippen molar-refractivity contribution in [3.05, 3.63) is 315 Å². The largest absolute Gasteiger partial charge is 0.0616 e. The summed E-state index contributed by atoms with van der Waals surface area (Å²) in [6.45, 7) is 0. The molecule has 0 fully saturated rings. The summed E-state index contributed by atoms with van der Waals surface area (Å²) in [6.07, 6.45) is 0. The molecular weight excluding hydrogens is 1030 g/mol. The minimum Gasteiger partial charge on any atom is -0.0616 e. The maximum Gasteiger partial charge on any atom is -0.00137 e. The van der Waals surface area contributed by atoms with Crippen molar-refractivity contribution in [2.75, 3.05) is 0 Å². The summed E-state index contributed by atoms with van der Waals surface area (Å²) in [5, 5.41) is 27.8. The SMILES string of the molecule is c1ccc2cc(-c3c4ccccc4c(-c4ccc(-c5ccc6c7ccccc7c7c8cc(-c9ccc(-c%10c%11ccccc%11c(-c%11ccc%12ccccc%12c%11)c%11ccccc%10%11)cc9)ccc8c8ccccc8c7c6c5)cc4)c4ccccc34)ccc2c1. The van der Waals surface area contributed by atoms with Crippen LogP contribution in [0.25, 0.3) is 185 Å². The molecule has 0 nitrogen and oxygen atoms in total. The Balaban J connectivity index is 0.771. The molecule has 0 N–H and O–H groups in total. The predicted octanol–water partition coefficient (Wildman–Crippen LogP) is 24.4. The van der Waals surface area contributed by atoms with E-state index in [9.17, 15) is 0 Å². The summed E-state index contributed by atoms with van der Waals surface area (Å²) in [6, 6.07) is 118. The van der Waals surface area contributed by atoms with Crippen molar-refractivity contribution in [2.24, 2.45) is 0 Å². The zero-order valence-corrected chi connectivity index (χ0v) is 47.0. The van der Waals surface area contributed by atoms with E-state index >= 15 is 0 Å². The third-order valence-corrected chi connectivity index (χ3v) is 18.8. The third-order valence-electron chi connectivity index (χ3n) is 18.8. The van der Waals surface area contributed by atoms with Crippen molar-refractivity contribution in [1.82, 2.24) is 0 Å². The lowest BCUT2D eigenvalue weighted by molar-refractivity contribution is 1.63. The number of hydrogen-bond acceptors (Lipinski definition) is 0. The standard InChI is InChI=1S/C86H52/c1-3-19-59-49-63(43-37-53(59)17-1)83-75-29-13-9-25-71(75)81(72-26-10-14-30-76(72)83)57-39-33-55(34-40-57)61-45-47-67-65-21-5-8-24-70(65)86-80-52-62(46-48-68(80)66-22-6-7-23-69(66)85(86)79(67)51-61)56-35-41-58(42-36-56)82-73-27-11-15-31-77(73)84(78-32-16-12-28-74(78)82)64-44-38-54-18-2-4-20-60(54)50-64/h1-52H. The molecule has 0 aromatic heterocycles. The van der Waals surface area contributed by atoms with Gasteiger partial charge in [-0.15, -0.1) is 0 Å². The molecule has 0 saturated heterocycles. The fraction of sp³-hybridized carbons (Fsp3) is 0. The lowest BCUT2D eigenvalue weighted by Crippen LogP contribution is -1.91. The molecule has 0 aliphatic rings. The molecule has 0 heterocycles. The Morgan fingerprint density at radius 3 is 0.686 bits per heavy atom. The maximum absolute atomic E-state index is 2.46. The molecule has 0 bridgehead atoms. The van der Waals surface area contributed by atoms with Crippen LogP contribution in [0.15, 0.2) is 315 Å². The molecule has 0 aliphatic carbocycles. The Bertz CT molecular complexity index is 5390. The van der Waals surface area contributed by atoms with Crippen molar-refractivity contribution in [3.8, 4) is 66.8 Å². The predicted molar refractivity (Wildman–Crippen MR) is 372 cm³/mol. The van der Waals surface area contributed by atoms with E-state index in [1.54, 1.807) is 0 Å². The topological polar surface area (TPSA) is 0 Å². The Morgan fingerprint density at radius 2 is 0.349 bits per heavy atom. The van der Waals surface area contributed by atoms with Crippen LogP contribution in [-0.2, 0) is 0 Å². The van der Waals surface area contributed by atoms with Gasteiger partial charge in [0.15, 0.2) is 0 Å². The maximum atomic E-state index is 2.46. The van der Waals surface area contributed by atoms with Crippen LogP contribution in [0.4, 0.5) is 0 Å². The molecule has 0 atom stereocenters. The van der Waals surface area contributed by atoms with Crippen LogP contribution in [0.1, 0.15) is 0 Å². The van der Waals surface area contributed by atoms with Crippen LogP contribution in [0, 0.1) is 0 Å². The summed E-state index contributed by atoms with van der Waals surface area (Å²) in [7, 11) is 0. The average molecular weight is 1090 g/mol. The second kappa shape index (κ2) is 19.2. The van der Waals surface area contributed by atoms with Gasteiger partial charge in [-0.05, 0) is 210 Å². The Hall–Kier alpha value is -11.2. The molecule has 0 spiro atoms. The summed E-state index contributed by atoms with van der Waals surface area (Å²) in [5.41, 5.74) is 14.8. The minimum atomic E-state index is 1.19. The second-order valence-electron chi connectivity index (χ2n) is 23.3. The molecular formula is C86H52. The highest BCUT2D eigenvalue weighted by molar-refractivity contribution is 6.40. The quantitative estimate of drug-likeness (QED) is 0.115. The Kier molecular flexibility index (Phi) is 10.8. The van der Waals surface area contributed by atoms with Gasteiger partial charge < -0.3 is 0 Å². The van der Waals surface area contributed by atoms with Crippen LogP contribution in [-0.4, -0.2) is 0 Å². The van der Waals surface area contributed by atoms with E-state index in [0.717, 1.165) is 0 Å². The number of hydrogen-bond donors (Lipinski definition) is 0. The molecule has 86 heavy (non-hydrogen) atoms. The van der Waals surface area contributed by atoms with Gasteiger partial charge in [0.05, 0.1) is 0 Å². The minimum absolute atomic E-state index is 1.19. The molecule has 18 aromatic carbocycles. The monoisotopic (exact) mass is 1080 g/mol. The van der Waals surface area contributed by atoms with Crippen molar-refractivity contribution >= 4 is 118 Å². The zero-order valence-electron chi connectivity index (χ0n) is 47.0. The molecule has 396 valence electrons. The van der Waals surface area contributed by atoms with E-state index in [2.05, 4.69) is 315 Å². The molecule has 18 aromatic rings. The van der Waals surface area contributed by atoms with Gasteiger partial charge >= 0.3 is 0 Å². The van der Waals surface area contributed by atoms with Gasteiger partial charge in [0.1, 0.15) is 0 Å². The van der Waals surface area contributed by atoms with Crippen LogP contribution < -0.4 is 0 Å². The van der Waals surface area contributed by atoms with Crippen molar-refractivity contribution in [3.63, 3.8) is 0 Å². The van der Waals surface area contributed by atoms with E-state index in [1.807, 2.05) is 0 Å². The summed E-state index contributed by atoms with van der Waals surface area (Å²) in [4.78, 5) is 0. The van der Waals surface area contributed by atoms with E-state index in [-0.39, 0.29) is 0 Å². The first kappa shape index (κ1) is 48.4. The van der Waals surface area contributed by atoms with Crippen molar-refractivity contribution in [2.45, 2.75) is 0 Å². The average Bonchev–Trinajstić information content (AvgIpc) is 0.898. The second-order valence-corrected chi connectivity index (χ2v) is 23.3. The molecule has 0 unspecified atom stereocenters. The van der Waals surface area contributed by atoms with Gasteiger partial charge in [0, 0.05) is 0 Å². The van der Waals surface area contributed by atoms with Gasteiger partial charge in [-0.3, -0.25) is 0 Å². The van der Waals surface area contributed by atoms with Crippen molar-refractivity contribution in [1.29, 1.82) is 0 Å². The number of rotatable bonds is 6. The summed E-state index contributed by atoms with van der Waals surface area (Å²) >= 11 is 0. The van der Waals surface area contributed by atoms with Gasteiger partial charge in [0.2, 0.25) is 0 Å². The number of fused-ring (bicyclic) bond motifs is 17. The molecule has 0 radical (unpaired) electrons. The zero-order chi connectivity index (χ0) is 56.4. The van der Waals surface area contributed by atoms with Gasteiger partial charge in [-0.25, -0.2) is 0 Å². The van der Waals surface area contributed by atoms with E-state index in [1.165, 1.54) is 185 Å². The van der Waals surface area contributed by atoms with Crippen LogP contribution in [0.5, 0.6) is 0 Å². The first-order valence-corrected chi connectivity index (χ1v) is 30.0. The fourth-order valence-corrected chi connectivity index (χ4v) is 14.9. The third kappa shape index (κ3) is 7.43.